The predicted octanol–water partition coefficient (Wildman–Crippen LogP) is 25.4. The van der Waals surface area contributed by atoms with Crippen molar-refractivity contribution in [1.82, 2.24) is 22.8 Å². The molecule has 15 aromatic carbocycles. The van der Waals surface area contributed by atoms with Crippen LogP contribution in [0.2, 0.25) is 0 Å². The summed E-state index contributed by atoms with van der Waals surface area (Å²) in [5.41, 5.74) is 20.7. The first-order valence-electron chi connectivity index (χ1n) is 34.4. The summed E-state index contributed by atoms with van der Waals surface area (Å²) in [6.07, 6.45) is 0. The molecule has 480 valence electrons. The van der Waals surface area contributed by atoms with Gasteiger partial charge in [0, 0.05) is 102 Å². The summed E-state index contributed by atoms with van der Waals surface area (Å²) in [6, 6.07) is 116. The molecule has 0 saturated heterocycles. The Morgan fingerprint density at radius 2 is 0.596 bits per heavy atom. The van der Waals surface area contributed by atoms with Crippen molar-refractivity contribution in [3.8, 4) is 62.8 Å². The number of nitriles is 2. The van der Waals surface area contributed by atoms with Gasteiger partial charge in [-0.05, 0) is 150 Å². The lowest BCUT2D eigenvalue weighted by Gasteiger charge is -2.14. The number of thiophene rings is 1. The van der Waals surface area contributed by atoms with E-state index in [9.17, 15) is 10.5 Å². The molecule has 0 amide bonds. The molecule has 6 aromatic heterocycles. The minimum Gasteiger partial charge on any atom is -0.310 e. The second-order valence-corrected chi connectivity index (χ2v) is 27.3. The van der Waals surface area contributed by atoms with Gasteiger partial charge in [0.15, 0.2) is 11.4 Å². The molecule has 6 heterocycles. The predicted molar refractivity (Wildman–Crippen MR) is 430 cm³/mol. The number of hydrogen-bond acceptors (Lipinski definition) is 3. The quantitative estimate of drug-likeness (QED) is 0.149. The van der Waals surface area contributed by atoms with Crippen molar-refractivity contribution in [2.45, 2.75) is 0 Å². The van der Waals surface area contributed by atoms with Gasteiger partial charge in [-0.15, -0.1) is 11.3 Å². The van der Waals surface area contributed by atoms with E-state index in [2.05, 4.69) is 293 Å². The van der Waals surface area contributed by atoms with Crippen molar-refractivity contribution in [2.75, 3.05) is 0 Å². The van der Waals surface area contributed by atoms with Crippen molar-refractivity contribution in [3.63, 3.8) is 0 Å². The summed E-state index contributed by atoms with van der Waals surface area (Å²) in [4.78, 5) is 8.07. The van der Waals surface area contributed by atoms with E-state index < -0.39 is 0 Å². The van der Waals surface area contributed by atoms with Gasteiger partial charge in [-0.3, -0.25) is 0 Å². The van der Waals surface area contributed by atoms with Gasteiger partial charge in [-0.2, -0.15) is 10.5 Å². The van der Waals surface area contributed by atoms with E-state index >= 15 is 0 Å². The Balaban J connectivity index is 0.000000139. The molecule has 0 saturated carbocycles. The maximum absolute atomic E-state index is 10.5. The van der Waals surface area contributed by atoms with Crippen LogP contribution in [0.1, 0.15) is 11.1 Å². The fourth-order valence-electron chi connectivity index (χ4n) is 16.5. The molecule has 0 bridgehead atoms. The van der Waals surface area contributed by atoms with E-state index in [1.807, 2.05) is 84.1 Å². The summed E-state index contributed by atoms with van der Waals surface area (Å²) in [7, 11) is 0. The zero-order valence-corrected chi connectivity index (χ0v) is 56.3. The smallest absolute Gasteiger partial charge is 0.197 e. The fourth-order valence-corrected chi connectivity index (χ4v) is 17.7. The van der Waals surface area contributed by atoms with Gasteiger partial charge in [-0.25, -0.2) is 9.69 Å². The molecule has 0 N–H and O–H groups in total. The van der Waals surface area contributed by atoms with E-state index in [-0.39, 0.29) is 0 Å². The molecule has 0 aliphatic heterocycles. The Morgan fingerprint density at radius 3 is 1.06 bits per heavy atom. The molecule has 0 spiro atoms. The van der Waals surface area contributed by atoms with Crippen LogP contribution in [0.25, 0.3) is 190 Å². The van der Waals surface area contributed by atoms with E-state index in [1.54, 1.807) is 0 Å². The topological polar surface area (TPSA) is 80.9 Å². The molecule has 0 fully saturated rings. The molecule has 21 aromatic rings. The standard InChI is InChI=1S/C50H29N5.C44H24N4S/c1-52-43-30-35(24-26-37(43)36-25-23-34(29-32(36)31-51)53-44-19-9-5-15-38(44)39-16-6-10-20-45(39)53)54-47-22-12-8-18-42(47)49-48(54)28-27-41-40-17-7-11-21-46(40)55(50(41)49)33-13-3-2-4-14-33;1-46-36-25-29(48-39-16-8-4-12-34(39)43-40(48)22-23-42-44(43)35-13-5-9-17-41(35)49-42)19-21-31(36)30-20-18-28(24-27(30)26-45)47-37-14-6-2-10-32(37)33-11-3-7-15-38(33)47/h2-30H;2-25H. The molecular formula is C94H53N9S. The fraction of sp³-hybridized carbons (Fsp3) is 0. The highest BCUT2D eigenvalue weighted by molar-refractivity contribution is 7.26. The summed E-state index contributed by atoms with van der Waals surface area (Å²) < 4.78 is 13.9. The van der Waals surface area contributed by atoms with Gasteiger partial charge >= 0.3 is 0 Å². The largest absolute Gasteiger partial charge is 0.310 e. The van der Waals surface area contributed by atoms with Crippen molar-refractivity contribution in [2.24, 2.45) is 0 Å². The highest BCUT2D eigenvalue weighted by Crippen LogP contribution is 2.48. The van der Waals surface area contributed by atoms with Gasteiger partial charge < -0.3 is 22.8 Å². The Labute approximate surface area is 599 Å². The molecule has 10 heteroatoms. The van der Waals surface area contributed by atoms with Crippen LogP contribution >= 0.6 is 11.3 Å². The lowest BCUT2D eigenvalue weighted by atomic mass is 9.97. The first kappa shape index (κ1) is 59.5. The SMILES string of the molecule is [C-]#[N+]c1cc(-n2c3ccccc3c3c2ccc2c4ccccc4n(-c4ccccc4)c23)ccc1-c1ccc(-n2c3ccccc3c3ccccc32)cc1C#N.[C-]#[N+]c1cc(-n2c3ccccc3c3c4c(ccc32)sc2ccccc24)ccc1-c1ccc(-n2c3ccccc3c3ccccc32)cc1C#N. The second-order valence-electron chi connectivity index (χ2n) is 26.2. The van der Waals surface area contributed by atoms with E-state index in [0.717, 1.165) is 117 Å². The second kappa shape index (κ2) is 23.6. The summed E-state index contributed by atoms with van der Waals surface area (Å²) >= 11 is 1.82. The molecule has 104 heavy (non-hydrogen) atoms. The first-order chi connectivity index (χ1) is 51.5. The molecular weight excluding hydrogens is 1290 g/mol. The summed E-state index contributed by atoms with van der Waals surface area (Å²) in [5, 5.41) is 35.3. The Morgan fingerprint density at radius 1 is 0.250 bits per heavy atom. The van der Waals surface area contributed by atoms with Crippen LogP contribution in [-0.4, -0.2) is 22.8 Å². The monoisotopic (exact) mass is 1340 g/mol. The summed E-state index contributed by atoms with van der Waals surface area (Å²) in [5.74, 6) is 0. The number of nitrogens with zero attached hydrogens (tertiary/aromatic N) is 9. The molecule has 0 atom stereocenters. The third-order valence-electron chi connectivity index (χ3n) is 20.9. The van der Waals surface area contributed by atoms with Crippen LogP contribution in [0.3, 0.4) is 0 Å². The molecule has 21 rings (SSSR count). The highest BCUT2D eigenvalue weighted by atomic mass is 32.1. The minimum atomic E-state index is 0.490. The van der Waals surface area contributed by atoms with Crippen LogP contribution in [0.5, 0.6) is 0 Å². The van der Waals surface area contributed by atoms with E-state index in [4.69, 9.17) is 13.1 Å². The number of fused-ring (bicyclic) bond motifs is 20. The van der Waals surface area contributed by atoms with Crippen LogP contribution in [0, 0.1) is 35.8 Å². The molecule has 9 nitrogen and oxygen atoms in total. The van der Waals surface area contributed by atoms with Crippen LogP contribution < -0.4 is 0 Å². The first-order valence-corrected chi connectivity index (χ1v) is 35.2. The van der Waals surface area contributed by atoms with Crippen molar-refractivity contribution in [3.05, 3.63) is 355 Å². The third-order valence-corrected chi connectivity index (χ3v) is 22.0. The van der Waals surface area contributed by atoms with Crippen molar-refractivity contribution < 1.29 is 0 Å². The van der Waals surface area contributed by atoms with Gasteiger partial charge in [-0.1, -0.05) is 194 Å². The zero-order valence-electron chi connectivity index (χ0n) is 55.5. The summed E-state index contributed by atoms with van der Waals surface area (Å²) in [6.45, 7) is 16.6. The Bertz CT molecular complexity index is 7320. The Kier molecular flexibility index (Phi) is 13.5. The number of aromatic nitrogens is 5. The average Bonchev–Trinajstić information content (AvgIpc) is 1.56. The van der Waals surface area contributed by atoms with Crippen LogP contribution in [0.15, 0.2) is 322 Å². The normalized spacial score (nSPS) is 11.6. The third kappa shape index (κ3) is 8.88. The number of benzene rings is 15. The average molecular weight is 1340 g/mol. The Hall–Kier alpha value is -14.5. The molecule has 0 radical (unpaired) electrons. The molecule has 0 aliphatic carbocycles. The number of hydrogen-bond donors (Lipinski definition) is 0. The maximum Gasteiger partial charge on any atom is 0.197 e. The van der Waals surface area contributed by atoms with E-state index in [0.29, 0.717) is 22.5 Å². The lowest BCUT2D eigenvalue weighted by Crippen LogP contribution is -1.97. The number of para-hydroxylation sites is 8. The van der Waals surface area contributed by atoms with Crippen molar-refractivity contribution in [1.29, 1.82) is 10.5 Å². The molecule has 0 aliphatic rings. The number of rotatable bonds is 7. The molecule has 0 unspecified atom stereocenters. The van der Waals surface area contributed by atoms with E-state index in [1.165, 1.54) is 63.3 Å². The van der Waals surface area contributed by atoms with Gasteiger partial charge in [0.25, 0.3) is 0 Å². The van der Waals surface area contributed by atoms with Gasteiger partial charge in [0.2, 0.25) is 0 Å². The van der Waals surface area contributed by atoms with Gasteiger partial charge in [0.05, 0.1) is 91.6 Å². The maximum atomic E-state index is 10.5. The zero-order chi connectivity index (χ0) is 69.3. The lowest BCUT2D eigenvalue weighted by molar-refractivity contribution is 1.17. The van der Waals surface area contributed by atoms with Crippen LogP contribution in [-0.2, 0) is 0 Å². The van der Waals surface area contributed by atoms with Crippen LogP contribution in [0.4, 0.5) is 11.4 Å². The minimum absolute atomic E-state index is 0.490. The van der Waals surface area contributed by atoms with Crippen molar-refractivity contribution >= 4 is 152 Å². The highest BCUT2D eigenvalue weighted by Gasteiger charge is 2.25. The van der Waals surface area contributed by atoms with Gasteiger partial charge in [0.1, 0.15) is 0 Å².